The second-order valence-corrected chi connectivity index (χ2v) is 9.30. The van der Waals surface area contributed by atoms with Gasteiger partial charge in [-0.1, -0.05) is 42.4 Å². The highest BCUT2D eigenvalue weighted by Crippen LogP contribution is 2.31. The van der Waals surface area contributed by atoms with E-state index in [4.69, 9.17) is 17.3 Å². The summed E-state index contributed by atoms with van der Waals surface area (Å²) < 4.78 is 0. The fraction of sp³-hybridized carbons (Fsp3) is 0.308. The molecule has 2 aliphatic rings. The number of rotatable bonds is 4. The molecule has 2 aromatic carbocycles. The van der Waals surface area contributed by atoms with Gasteiger partial charge >= 0.3 is 0 Å². The number of piperazine rings is 1. The van der Waals surface area contributed by atoms with Crippen LogP contribution in [0.1, 0.15) is 16.7 Å². The van der Waals surface area contributed by atoms with Crippen LogP contribution in [0.3, 0.4) is 0 Å². The highest BCUT2D eigenvalue weighted by molar-refractivity contribution is 6.30. The van der Waals surface area contributed by atoms with Crippen molar-refractivity contribution in [1.29, 1.82) is 0 Å². The molecule has 6 nitrogen and oxygen atoms in total. The van der Waals surface area contributed by atoms with Crippen molar-refractivity contribution >= 4 is 29.1 Å². The van der Waals surface area contributed by atoms with Crippen molar-refractivity contribution in [2.75, 3.05) is 50.4 Å². The minimum atomic E-state index is 0.317. The van der Waals surface area contributed by atoms with Crippen LogP contribution in [0, 0.1) is 0 Å². The molecule has 170 valence electrons. The first kappa shape index (κ1) is 21.7. The highest BCUT2D eigenvalue weighted by Gasteiger charge is 2.21. The van der Waals surface area contributed by atoms with Crippen molar-refractivity contribution in [3.63, 3.8) is 0 Å². The first-order chi connectivity index (χ1) is 16.0. The third-order valence-corrected chi connectivity index (χ3v) is 6.88. The second-order valence-electron chi connectivity index (χ2n) is 8.87. The molecule has 0 amide bonds. The van der Waals surface area contributed by atoms with Crippen LogP contribution in [0.2, 0.25) is 5.02 Å². The first-order valence-corrected chi connectivity index (χ1v) is 11.7. The molecule has 5 rings (SSSR count). The Morgan fingerprint density at radius 3 is 2.45 bits per heavy atom. The summed E-state index contributed by atoms with van der Waals surface area (Å²) >= 11 is 6.06. The van der Waals surface area contributed by atoms with Crippen molar-refractivity contribution < 1.29 is 0 Å². The number of anilines is 2. The molecule has 7 heteroatoms. The molecule has 2 aliphatic heterocycles. The molecule has 0 unspecified atom stereocenters. The standard InChI is InChI=1S/C26H29ClN6/c1-18(19-5-7-23(27)8-6-19)33-10-9-20-3-4-21(15-22(20)17-33)24-16-25(30-26(28)29-24)32-13-11-31(2)12-14-32/h3-8,15-16H,1,9-14,17H2,2H3,(H2,28,29,30). The van der Waals surface area contributed by atoms with Gasteiger partial charge < -0.3 is 20.4 Å². The summed E-state index contributed by atoms with van der Waals surface area (Å²) in [6.45, 7) is 10.0. The van der Waals surface area contributed by atoms with E-state index in [1.54, 1.807) is 0 Å². The molecular weight excluding hydrogens is 432 g/mol. The zero-order chi connectivity index (χ0) is 22.9. The van der Waals surface area contributed by atoms with Crippen LogP contribution in [-0.2, 0) is 13.0 Å². The van der Waals surface area contributed by atoms with Gasteiger partial charge in [-0.15, -0.1) is 0 Å². The Hall–Kier alpha value is -3.09. The van der Waals surface area contributed by atoms with Gasteiger partial charge in [-0.3, -0.25) is 0 Å². The van der Waals surface area contributed by atoms with Gasteiger partial charge in [0.2, 0.25) is 5.95 Å². The molecule has 0 radical (unpaired) electrons. The summed E-state index contributed by atoms with van der Waals surface area (Å²) in [7, 11) is 2.15. The van der Waals surface area contributed by atoms with Crippen LogP contribution in [0.15, 0.2) is 55.1 Å². The largest absolute Gasteiger partial charge is 0.368 e. The Morgan fingerprint density at radius 1 is 0.939 bits per heavy atom. The molecule has 33 heavy (non-hydrogen) atoms. The number of fused-ring (bicyclic) bond motifs is 1. The molecular formula is C26H29ClN6. The normalized spacial score (nSPS) is 16.5. The van der Waals surface area contributed by atoms with E-state index in [0.29, 0.717) is 5.95 Å². The van der Waals surface area contributed by atoms with Gasteiger partial charge in [0.25, 0.3) is 0 Å². The number of nitrogen functional groups attached to an aromatic ring is 1. The van der Waals surface area contributed by atoms with Gasteiger partial charge in [-0.2, -0.15) is 4.98 Å². The van der Waals surface area contributed by atoms with E-state index in [0.717, 1.165) is 79.0 Å². The third kappa shape index (κ3) is 4.68. The van der Waals surface area contributed by atoms with Crippen molar-refractivity contribution in [1.82, 2.24) is 19.8 Å². The molecule has 1 saturated heterocycles. The minimum Gasteiger partial charge on any atom is -0.368 e. The van der Waals surface area contributed by atoms with E-state index in [9.17, 15) is 0 Å². The summed E-state index contributed by atoms with van der Waals surface area (Å²) in [6.07, 6.45) is 0.987. The van der Waals surface area contributed by atoms with Crippen molar-refractivity contribution in [2.24, 2.45) is 0 Å². The third-order valence-electron chi connectivity index (χ3n) is 6.63. The molecule has 0 spiro atoms. The highest BCUT2D eigenvalue weighted by atomic mass is 35.5. The zero-order valence-electron chi connectivity index (χ0n) is 19.0. The van der Waals surface area contributed by atoms with Gasteiger partial charge in [0.1, 0.15) is 5.82 Å². The minimum absolute atomic E-state index is 0.317. The number of likely N-dealkylation sites (N-methyl/N-ethyl adjacent to an activating group) is 1. The predicted molar refractivity (Wildman–Crippen MR) is 136 cm³/mol. The van der Waals surface area contributed by atoms with E-state index in [-0.39, 0.29) is 0 Å². The number of halogens is 1. The molecule has 1 aromatic heterocycles. The summed E-state index contributed by atoms with van der Waals surface area (Å²) in [4.78, 5) is 16.0. The summed E-state index contributed by atoms with van der Waals surface area (Å²) in [5, 5.41) is 0.736. The van der Waals surface area contributed by atoms with E-state index >= 15 is 0 Å². The number of nitrogens with zero attached hydrogens (tertiary/aromatic N) is 5. The fourth-order valence-corrected chi connectivity index (χ4v) is 4.70. The maximum absolute atomic E-state index is 6.12. The number of hydrogen-bond acceptors (Lipinski definition) is 6. The van der Waals surface area contributed by atoms with Gasteiger partial charge in [0.05, 0.1) is 5.69 Å². The van der Waals surface area contributed by atoms with Gasteiger partial charge in [-0.25, -0.2) is 4.98 Å². The number of hydrogen-bond donors (Lipinski definition) is 1. The van der Waals surface area contributed by atoms with E-state index in [1.165, 1.54) is 11.1 Å². The zero-order valence-corrected chi connectivity index (χ0v) is 19.7. The Bertz CT molecular complexity index is 1170. The summed E-state index contributed by atoms with van der Waals surface area (Å²) in [6, 6.07) is 16.6. The fourth-order valence-electron chi connectivity index (χ4n) is 4.57. The lowest BCUT2D eigenvalue weighted by Gasteiger charge is -2.33. The Kier molecular flexibility index (Phi) is 5.96. The Morgan fingerprint density at radius 2 is 1.70 bits per heavy atom. The molecule has 0 aliphatic carbocycles. The molecule has 3 aromatic rings. The lowest BCUT2D eigenvalue weighted by Crippen LogP contribution is -2.44. The van der Waals surface area contributed by atoms with Crippen molar-refractivity contribution in [3.05, 3.63) is 76.8 Å². The van der Waals surface area contributed by atoms with Crippen LogP contribution < -0.4 is 10.6 Å². The van der Waals surface area contributed by atoms with Crippen LogP contribution in [0.5, 0.6) is 0 Å². The van der Waals surface area contributed by atoms with E-state index < -0.39 is 0 Å². The molecule has 0 atom stereocenters. The van der Waals surface area contributed by atoms with Gasteiger partial charge in [0.15, 0.2) is 0 Å². The number of aromatic nitrogens is 2. The predicted octanol–water partition coefficient (Wildman–Crippen LogP) is 4.16. The molecule has 0 saturated carbocycles. The van der Waals surface area contributed by atoms with Crippen LogP contribution in [-0.4, -0.2) is 59.5 Å². The average Bonchev–Trinajstić information content (AvgIpc) is 2.83. The summed E-state index contributed by atoms with van der Waals surface area (Å²) in [5.41, 5.74) is 12.8. The monoisotopic (exact) mass is 460 g/mol. The average molecular weight is 461 g/mol. The van der Waals surface area contributed by atoms with E-state index in [1.807, 2.05) is 24.3 Å². The van der Waals surface area contributed by atoms with Crippen molar-refractivity contribution in [3.8, 4) is 11.3 Å². The van der Waals surface area contributed by atoms with E-state index in [2.05, 4.69) is 62.6 Å². The molecule has 1 fully saturated rings. The maximum atomic E-state index is 6.12. The number of benzene rings is 2. The smallest absolute Gasteiger partial charge is 0.222 e. The van der Waals surface area contributed by atoms with Crippen LogP contribution in [0.4, 0.5) is 11.8 Å². The summed E-state index contributed by atoms with van der Waals surface area (Å²) in [5.74, 6) is 1.22. The molecule has 3 heterocycles. The first-order valence-electron chi connectivity index (χ1n) is 11.4. The number of nitrogens with two attached hydrogens (primary N) is 1. The Labute approximate surface area is 200 Å². The van der Waals surface area contributed by atoms with Crippen molar-refractivity contribution in [2.45, 2.75) is 13.0 Å². The van der Waals surface area contributed by atoms with Gasteiger partial charge in [0, 0.05) is 61.6 Å². The quantitative estimate of drug-likeness (QED) is 0.630. The molecule has 2 N–H and O–H groups in total. The van der Waals surface area contributed by atoms with Crippen LogP contribution in [0.25, 0.3) is 17.0 Å². The lowest BCUT2D eigenvalue weighted by atomic mass is 9.95. The Balaban J connectivity index is 1.39. The SMILES string of the molecule is C=C(c1ccc(Cl)cc1)N1CCc2ccc(-c3cc(N4CCN(C)CC4)nc(N)n3)cc2C1. The van der Waals surface area contributed by atoms with Gasteiger partial charge in [-0.05, 0) is 48.4 Å². The van der Waals surface area contributed by atoms with Crippen LogP contribution >= 0.6 is 11.6 Å². The second kappa shape index (κ2) is 9.04. The lowest BCUT2D eigenvalue weighted by molar-refractivity contribution is 0.312. The molecule has 0 bridgehead atoms. The topological polar surface area (TPSA) is 61.5 Å². The maximum Gasteiger partial charge on any atom is 0.222 e.